The van der Waals surface area contributed by atoms with Crippen LogP contribution in [0, 0.1) is 0 Å². The molecule has 0 heterocycles. The molecule has 0 unspecified atom stereocenters. The summed E-state index contributed by atoms with van der Waals surface area (Å²) in [6.45, 7) is 5.93. The molecule has 1 aromatic rings. The highest BCUT2D eigenvalue weighted by Gasteiger charge is 2.29. The van der Waals surface area contributed by atoms with Crippen LogP contribution in [-0.2, 0) is 4.79 Å². The van der Waals surface area contributed by atoms with E-state index in [1.807, 2.05) is 6.92 Å². The van der Waals surface area contributed by atoms with E-state index in [1.54, 1.807) is 38.1 Å². The van der Waals surface area contributed by atoms with Crippen molar-refractivity contribution in [3.05, 3.63) is 24.3 Å². The van der Waals surface area contributed by atoms with Crippen molar-refractivity contribution < 1.29 is 18.0 Å². The minimum absolute atomic E-state index is 0.288. The number of rotatable bonds is 6. The summed E-state index contributed by atoms with van der Waals surface area (Å²) in [5.74, 6) is -1.28. The number of para-hydroxylation sites is 1. The lowest BCUT2D eigenvalue weighted by molar-refractivity contribution is -0.121. The van der Waals surface area contributed by atoms with Gasteiger partial charge in [0.2, 0.25) is 5.91 Å². The third-order valence-electron chi connectivity index (χ3n) is 2.71. The largest absolute Gasteiger partial charge is 0.398 e. The molecule has 0 fully saturated rings. The smallest absolute Gasteiger partial charge is 0.323 e. The molecule has 0 bridgehead atoms. The second kappa shape index (κ2) is 7.17. The van der Waals surface area contributed by atoms with Gasteiger partial charge in [-0.25, -0.2) is 0 Å². The van der Waals surface area contributed by atoms with E-state index in [-0.39, 0.29) is 5.91 Å². The number of hydrogen-bond acceptors (Lipinski definition) is 3. The predicted molar refractivity (Wildman–Crippen MR) is 79.6 cm³/mol. The van der Waals surface area contributed by atoms with E-state index in [9.17, 15) is 18.0 Å². The van der Waals surface area contributed by atoms with Gasteiger partial charge in [0.1, 0.15) is 0 Å². The molecule has 0 aliphatic carbocycles. The summed E-state index contributed by atoms with van der Waals surface area (Å²) in [6.07, 6.45) is -4.25. The molecule has 0 radical (unpaired) electrons. The second-order valence-corrected chi connectivity index (χ2v) is 6.03. The van der Waals surface area contributed by atoms with E-state index < -0.39 is 17.5 Å². The maximum atomic E-state index is 12.3. The van der Waals surface area contributed by atoms with Crippen LogP contribution in [0.15, 0.2) is 29.2 Å². The third kappa shape index (κ3) is 5.97. The summed E-state index contributed by atoms with van der Waals surface area (Å²) < 4.78 is 36.9. The van der Waals surface area contributed by atoms with Gasteiger partial charge in [-0.2, -0.15) is 13.2 Å². The Bertz CT molecular complexity index is 489. The Morgan fingerprint density at radius 1 is 1.24 bits per heavy atom. The Labute approximate surface area is 126 Å². The van der Waals surface area contributed by atoms with Gasteiger partial charge in [0.15, 0.2) is 0 Å². The highest BCUT2D eigenvalue weighted by atomic mass is 32.2. The normalized spacial score (nSPS) is 12.3. The molecule has 0 aliphatic rings. The number of likely N-dealkylation sites (N-methyl/N-ethyl adjacent to an activating group) is 1. The van der Waals surface area contributed by atoms with E-state index in [0.717, 1.165) is 0 Å². The van der Waals surface area contributed by atoms with Crippen LogP contribution in [-0.4, -0.2) is 29.9 Å². The third-order valence-corrected chi connectivity index (χ3v) is 3.85. The van der Waals surface area contributed by atoms with E-state index in [2.05, 4.69) is 10.6 Å². The van der Waals surface area contributed by atoms with Gasteiger partial charge in [0, 0.05) is 4.90 Å². The maximum absolute atomic E-state index is 12.3. The lowest BCUT2D eigenvalue weighted by Gasteiger charge is -2.25. The summed E-state index contributed by atoms with van der Waals surface area (Å²) in [7, 11) is 0. The van der Waals surface area contributed by atoms with Gasteiger partial charge in [-0.15, -0.1) is 11.8 Å². The van der Waals surface area contributed by atoms with Crippen molar-refractivity contribution in [1.29, 1.82) is 0 Å². The minimum atomic E-state index is -4.25. The molecular weight excluding hydrogens is 301 g/mol. The second-order valence-electron chi connectivity index (χ2n) is 5.01. The van der Waals surface area contributed by atoms with E-state index in [1.165, 1.54) is 0 Å². The average molecular weight is 320 g/mol. The number of alkyl halides is 3. The lowest BCUT2D eigenvalue weighted by atomic mass is 10.0. The quantitative estimate of drug-likeness (QED) is 0.786. The standard InChI is InChI=1S/C14H19F3N2OS/c1-4-18-13(2,3)12(20)19-10-7-5-6-8-11(10)21-9-14(15,16)17/h5-8,18H,4,9H2,1-3H3,(H,19,20). The number of amides is 1. The van der Waals surface area contributed by atoms with Crippen LogP contribution < -0.4 is 10.6 Å². The molecule has 7 heteroatoms. The van der Waals surface area contributed by atoms with Gasteiger partial charge >= 0.3 is 6.18 Å². The fraction of sp³-hybridized carbons (Fsp3) is 0.500. The molecule has 2 N–H and O–H groups in total. The molecule has 118 valence electrons. The predicted octanol–water partition coefficient (Wildman–Crippen LogP) is 3.67. The molecule has 21 heavy (non-hydrogen) atoms. The molecular formula is C14H19F3N2OS. The number of carbonyl (C=O) groups excluding carboxylic acids is 1. The Hall–Kier alpha value is -1.21. The lowest BCUT2D eigenvalue weighted by Crippen LogP contribution is -2.49. The first-order valence-corrected chi connectivity index (χ1v) is 7.49. The number of halogens is 3. The molecule has 1 aromatic carbocycles. The Morgan fingerprint density at radius 3 is 2.43 bits per heavy atom. The van der Waals surface area contributed by atoms with Crippen molar-refractivity contribution >= 4 is 23.4 Å². The highest BCUT2D eigenvalue weighted by molar-refractivity contribution is 7.99. The molecule has 0 saturated carbocycles. The van der Waals surface area contributed by atoms with E-state index in [4.69, 9.17) is 0 Å². The fourth-order valence-corrected chi connectivity index (χ4v) is 2.42. The van der Waals surface area contributed by atoms with Crippen molar-refractivity contribution in [2.45, 2.75) is 37.4 Å². The van der Waals surface area contributed by atoms with Gasteiger partial charge in [-0.1, -0.05) is 19.1 Å². The van der Waals surface area contributed by atoms with Crippen molar-refractivity contribution in [3.63, 3.8) is 0 Å². The first kappa shape index (κ1) is 17.8. The molecule has 0 aliphatic heterocycles. The van der Waals surface area contributed by atoms with E-state index in [0.29, 0.717) is 28.9 Å². The Balaban J connectivity index is 2.82. The first-order valence-electron chi connectivity index (χ1n) is 6.51. The van der Waals surface area contributed by atoms with Crippen LogP contribution in [0.1, 0.15) is 20.8 Å². The zero-order chi connectivity index (χ0) is 16.1. The van der Waals surface area contributed by atoms with Crippen molar-refractivity contribution in [3.8, 4) is 0 Å². The van der Waals surface area contributed by atoms with Crippen molar-refractivity contribution in [2.75, 3.05) is 17.6 Å². The number of thioether (sulfide) groups is 1. The zero-order valence-electron chi connectivity index (χ0n) is 12.2. The van der Waals surface area contributed by atoms with Crippen LogP contribution in [0.4, 0.5) is 18.9 Å². The van der Waals surface area contributed by atoms with Crippen LogP contribution in [0.2, 0.25) is 0 Å². The summed E-state index contributed by atoms with van der Waals surface area (Å²) in [5.41, 5.74) is -0.404. The molecule has 0 aromatic heterocycles. The molecule has 1 rings (SSSR count). The van der Waals surface area contributed by atoms with Crippen LogP contribution in [0.3, 0.4) is 0 Å². The van der Waals surface area contributed by atoms with Gasteiger partial charge < -0.3 is 10.6 Å². The molecule has 1 amide bonds. The number of benzene rings is 1. The summed E-state index contributed by atoms with van der Waals surface area (Å²) in [4.78, 5) is 12.6. The Morgan fingerprint density at radius 2 is 1.86 bits per heavy atom. The summed E-state index contributed by atoms with van der Waals surface area (Å²) in [5, 5.41) is 5.70. The molecule has 0 atom stereocenters. The van der Waals surface area contributed by atoms with Gasteiger partial charge in [0.25, 0.3) is 0 Å². The molecule has 3 nitrogen and oxygen atoms in total. The van der Waals surface area contributed by atoms with Crippen LogP contribution >= 0.6 is 11.8 Å². The average Bonchev–Trinajstić information content (AvgIpc) is 2.36. The summed E-state index contributed by atoms with van der Waals surface area (Å²) in [6, 6.07) is 6.47. The fourth-order valence-electron chi connectivity index (χ4n) is 1.66. The minimum Gasteiger partial charge on any atom is -0.323 e. The highest BCUT2D eigenvalue weighted by Crippen LogP contribution is 2.32. The maximum Gasteiger partial charge on any atom is 0.398 e. The van der Waals surface area contributed by atoms with Gasteiger partial charge in [-0.3, -0.25) is 4.79 Å². The number of carbonyl (C=O) groups is 1. The first-order chi connectivity index (χ1) is 9.65. The van der Waals surface area contributed by atoms with Crippen molar-refractivity contribution in [2.24, 2.45) is 0 Å². The van der Waals surface area contributed by atoms with Gasteiger partial charge in [-0.05, 0) is 32.5 Å². The SMILES string of the molecule is CCNC(C)(C)C(=O)Nc1ccccc1SCC(F)(F)F. The zero-order valence-corrected chi connectivity index (χ0v) is 13.0. The van der Waals surface area contributed by atoms with Crippen LogP contribution in [0.25, 0.3) is 0 Å². The topological polar surface area (TPSA) is 41.1 Å². The molecule has 0 spiro atoms. The molecule has 0 saturated heterocycles. The van der Waals surface area contributed by atoms with Crippen molar-refractivity contribution in [1.82, 2.24) is 5.32 Å². The Kier molecular flexibility index (Phi) is 6.10. The monoisotopic (exact) mass is 320 g/mol. The number of hydrogen-bond donors (Lipinski definition) is 2. The number of anilines is 1. The van der Waals surface area contributed by atoms with Gasteiger partial charge in [0.05, 0.1) is 17.0 Å². The number of nitrogens with one attached hydrogen (secondary N) is 2. The summed E-state index contributed by atoms with van der Waals surface area (Å²) >= 11 is 0.660. The van der Waals surface area contributed by atoms with Crippen LogP contribution in [0.5, 0.6) is 0 Å². The van der Waals surface area contributed by atoms with E-state index >= 15 is 0 Å².